The van der Waals surface area contributed by atoms with Crippen LogP contribution in [0.3, 0.4) is 0 Å². The van der Waals surface area contributed by atoms with Crippen LogP contribution in [-0.2, 0) is 6.54 Å². The van der Waals surface area contributed by atoms with E-state index in [-0.39, 0.29) is 12.6 Å². The summed E-state index contributed by atoms with van der Waals surface area (Å²) in [4.78, 5) is 21.2. The molecule has 3 aliphatic rings. The number of aromatic nitrogens is 5. The van der Waals surface area contributed by atoms with Crippen LogP contribution in [0.4, 0.5) is 29.5 Å². The lowest BCUT2D eigenvalue weighted by Crippen LogP contribution is -2.60. The molecule has 1 atom stereocenters. The average Bonchev–Trinajstić information content (AvgIpc) is 3.28. The molecule has 3 aromatic heterocycles. The van der Waals surface area contributed by atoms with E-state index >= 15 is 0 Å². The van der Waals surface area contributed by atoms with Crippen LogP contribution in [0, 0.1) is 5.92 Å². The van der Waals surface area contributed by atoms with E-state index in [1.54, 1.807) is 6.20 Å². The third-order valence-electron chi connectivity index (χ3n) is 8.00. The second kappa shape index (κ2) is 8.81. The number of alkyl halides is 3. The lowest BCUT2D eigenvalue weighted by atomic mass is 9.84. The Morgan fingerprint density at radius 1 is 1.26 bits per heavy atom. The number of nitrogens with zero attached hydrogens (tertiary/aromatic N) is 6. The lowest BCUT2D eigenvalue weighted by molar-refractivity contribution is -0.277. The second-order valence-corrected chi connectivity index (χ2v) is 11.5. The van der Waals surface area contributed by atoms with Crippen LogP contribution in [0.5, 0.6) is 0 Å². The van der Waals surface area contributed by atoms with Crippen LogP contribution in [-0.4, -0.2) is 89.2 Å². The van der Waals surface area contributed by atoms with Crippen LogP contribution >= 0.6 is 0 Å². The second-order valence-electron chi connectivity index (χ2n) is 11.5. The molecule has 11 nitrogen and oxygen atoms in total. The molecule has 1 spiro atoms. The van der Waals surface area contributed by atoms with E-state index in [0.717, 1.165) is 16.7 Å². The molecule has 2 amide bonds. The minimum absolute atomic E-state index is 0.207. The molecule has 1 aliphatic carbocycles. The van der Waals surface area contributed by atoms with Crippen LogP contribution < -0.4 is 10.2 Å². The number of rotatable bonds is 5. The van der Waals surface area contributed by atoms with Gasteiger partial charge >= 0.3 is 12.2 Å². The number of piperidine rings is 1. The predicted molar refractivity (Wildman–Crippen MR) is 136 cm³/mol. The molecule has 2 aliphatic heterocycles. The van der Waals surface area contributed by atoms with E-state index in [1.807, 2.05) is 15.6 Å². The fourth-order valence-electron chi connectivity index (χ4n) is 5.71. The van der Waals surface area contributed by atoms with Crippen molar-refractivity contribution in [3.8, 4) is 11.4 Å². The van der Waals surface area contributed by atoms with Gasteiger partial charge in [-0.05, 0) is 24.8 Å². The number of aliphatic hydroxyl groups is 2. The van der Waals surface area contributed by atoms with Gasteiger partial charge in [-0.3, -0.25) is 14.8 Å². The predicted octanol–water partition coefficient (Wildman–Crippen LogP) is 3.11. The number of H-pyrrole nitrogens is 1. The number of halogens is 3. The minimum Gasteiger partial charge on any atom is -0.389 e. The van der Waals surface area contributed by atoms with Crippen molar-refractivity contribution in [1.29, 1.82) is 0 Å². The fourth-order valence-corrected chi connectivity index (χ4v) is 5.71. The molecule has 0 radical (unpaired) electrons. The normalized spacial score (nSPS) is 23.1. The van der Waals surface area contributed by atoms with Crippen LogP contribution in [0.2, 0.25) is 0 Å². The van der Waals surface area contributed by atoms with E-state index in [0.29, 0.717) is 55.5 Å². The number of aliphatic hydroxyl groups excluding tert-OH is 1. The number of nitrogens with one attached hydrogen (secondary N) is 2. The van der Waals surface area contributed by atoms with E-state index in [2.05, 4.69) is 34.3 Å². The third kappa shape index (κ3) is 4.39. The molecule has 210 valence electrons. The van der Waals surface area contributed by atoms with Gasteiger partial charge in [0.15, 0.2) is 11.4 Å². The summed E-state index contributed by atoms with van der Waals surface area (Å²) in [6, 6.07) is 1.32. The first-order valence-corrected chi connectivity index (χ1v) is 13.1. The molecule has 4 N–H and O–H groups in total. The molecule has 3 aromatic rings. The Balaban J connectivity index is 1.26. The number of likely N-dealkylation sites (tertiary alicyclic amines) is 1. The van der Waals surface area contributed by atoms with Gasteiger partial charge in [0, 0.05) is 50.8 Å². The third-order valence-corrected chi connectivity index (χ3v) is 8.00. The highest BCUT2D eigenvalue weighted by atomic mass is 19.4. The molecule has 2 saturated heterocycles. The summed E-state index contributed by atoms with van der Waals surface area (Å²) >= 11 is 0. The molecular formula is C25H31F3N8O3. The molecule has 5 heterocycles. The van der Waals surface area contributed by atoms with Gasteiger partial charge in [0.2, 0.25) is 0 Å². The van der Waals surface area contributed by atoms with Crippen molar-refractivity contribution >= 4 is 28.4 Å². The summed E-state index contributed by atoms with van der Waals surface area (Å²) in [6.45, 7) is 5.66. The molecule has 1 saturated carbocycles. The summed E-state index contributed by atoms with van der Waals surface area (Å²) in [5.74, 6) is 1.09. The zero-order valence-corrected chi connectivity index (χ0v) is 21.7. The number of anilines is 2. The maximum absolute atomic E-state index is 13.5. The molecule has 0 aromatic carbocycles. The van der Waals surface area contributed by atoms with Crippen molar-refractivity contribution in [1.82, 2.24) is 29.9 Å². The Hall–Kier alpha value is -3.39. The molecule has 1 unspecified atom stereocenters. The maximum Gasteiger partial charge on any atom is 0.417 e. The standard InChI is InChI=1S/C25H31F3N8O3/c1-14(2)10-36-19-7-17(29-8-16(19)21(33-36)34-11-15(37)12-34)20-18(9-30-32-20)31-22(38)35-6-5-24(39,25(26,27)28)13-23(35)3-4-23/h7-9,14-15,37,39H,3-6,10-13H2,1-2H3,(H,30,32)(H,31,38). The monoisotopic (exact) mass is 548 g/mol. The molecule has 3 fully saturated rings. The fraction of sp³-hybridized carbons (Fsp3) is 0.600. The number of carbonyl (C=O) groups is 1. The van der Waals surface area contributed by atoms with Gasteiger partial charge in [0.25, 0.3) is 0 Å². The number of aromatic amines is 1. The summed E-state index contributed by atoms with van der Waals surface area (Å²) in [6.07, 6.45) is -2.25. The maximum atomic E-state index is 13.5. The Labute approximate surface area is 222 Å². The Morgan fingerprint density at radius 3 is 2.64 bits per heavy atom. The van der Waals surface area contributed by atoms with Crippen LogP contribution in [0.1, 0.15) is 39.5 Å². The van der Waals surface area contributed by atoms with Gasteiger partial charge in [0.1, 0.15) is 5.69 Å². The van der Waals surface area contributed by atoms with Crippen molar-refractivity contribution in [3.05, 3.63) is 18.5 Å². The number of hydrogen-bond donors (Lipinski definition) is 4. The van der Waals surface area contributed by atoms with Gasteiger partial charge in [0.05, 0.1) is 34.6 Å². The topological polar surface area (TPSA) is 135 Å². The largest absolute Gasteiger partial charge is 0.417 e. The van der Waals surface area contributed by atoms with Crippen molar-refractivity contribution in [3.63, 3.8) is 0 Å². The van der Waals surface area contributed by atoms with E-state index in [9.17, 15) is 28.2 Å². The zero-order chi connectivity index (χ0) is 27.7. The van der Waals surface area contributed by atoms with Crippen LogP contribution in [0.25, 0.3) is 22.3 Å². The van der Waals surface area contributed by atoms with E-state index in [4.69, 9.17) is 5.10 Å². The number of fused-ring (bicyclic) bond motifs is 1. The number of carbonyl (C=O) groups excluding carboxylic acids is 1. The smallest absolute Gasteiger partial charge is 0.389 e. The number of hydrogen-bond acceptors (Lipinski definition) is 7. The average molecular weight is 549 g/mol. The lowest BCUT2D eigenvalue weighted by Gasteiger charge is -2.45. The van der Waals surface area contributed by atoms with Gasteiger partial charge in [-0.25, -0.2) is 4.79 Å². The molecule has 14 heteroatoms. The van der Waals surface area contributed by atoms with Gasteiger partial charge < -0.3 is 25.3 Å². The van der Waals surface area contributed by atoms with Crippen molar-refractivity contribution in [2.75, 3.05) is 29.9 Å². The summed E-state index contributed by atoms with van der Waals surface area (Å²) in [5.41, 5.74) is -1.63. The van der Waals surface area contributed by atoms with Crippen LogP contribution in [0.15, 0.2) is 18.5 Å². The molecular weight excluding hydrogens is 517 g/mol. The molecule has 39 heavy (non-hydrogen) atoms. The molecule has 0 bridgehead atoms. The SMILES string of the molecule is CC(C)Cn1nc(N2CC(O)C2)c2cnc(-c3[nH]ncc3NC(=O)N3CCC(O)(C(F)(F)F)CC34CC4)cc21. The Morgan fingerprint density at radius 2 is 2.00 bits per heavy atom. The highest BCUT2D eigenvalue weighted by molar-refractivity contribution is 5.96. The first-order valence-electron chi connectivity index (χ1n) is 13.1. The van der Waals surface area contributed by atoms with E-state index in [1.165, 1.54) is 11.1 Å². The Bertz CT molecular complexity index is 1410. The molecule has 6 rings (SSSR count). The first kappa shape index (κ1) is 25.9. The number of β-amino-alcohol motifs (C(OH)–C–C–N with tert-alkyl or cyclic N) is 1. The summed E-state index contributed by atoms with van der Waals surface area (Å²) < 4.78 is 42.3. The number of urea groups is 1. The minimum atomic E-state index is -4.75. The van der Waals surface area contributed by atoms with E-state index < -0.39 is 36.2 Å². The van der Waals surface area contributed by atoms with Crippen molar-refractivity contribution in [2.24, 2.45) is 5.92 Å². The highest BCUT2D eigenvalue weighted by Gasteiger charge is 2.65. The highest BCUT2D eigenvalue weighted by Crippen LogP contribution is 2.55. The van der Waals surface area contributed by atoms with Gasteiger partial charge in [-0.2, -0.15) is 23.4 Å². The number of amides is 2. The van der Waals surface area contributed by atoms with Crippen molar-refractivity contribution < 1.29 is 28.2 Å². The zero-order valence-electron chi connectivity index (χ0n) is 21.7. The Kier molecular flexibility index (Phi) is 5.84. The van der Waals surface area contributed by atoms with Crippen molar-refractivity contribution in [2.45, 2.75) is 69.5 Å². The summed E-state index contributed by atoms with van der Waals surface area (Å²) in [5, 5.41) is 35.4. The summed E-state index contributed by atoms with van der Waals surface area (Å²) in [7, 11) is 0. The quantitative estimate of drug-likeness (QED) is 0.385. The van der Waals surface area contributed by atoms with Gasteiger partial charge in [-0.1, -0.05) is 13.8 Å². The van der Waals surface area contributed by atoms with Gasteiger partial charge in [-0.15, -0.1) is 0 Å². The number of pyridine rings is 1. The first-order chi connectivity index (χ1) is 18.4.